The summed E-state index contributed by atoms with van der Waals surface area (Å²) in [5.74, 6) is 0.346. The number of amides is 1. The number of esters is 1. The molecule has 0 spiro atoms. The van der Waals surface area contributed by atoms with Crippen LogP contribution in [-0.4, -0.2) is 39.5 Å². The number of benzene rings is 1. The number of rotatable bonds is 5. The summed E-state index contributed by atoms with van der Waals surface area (Å²) in [7, 11) is 1.35. The molecule has 132 valence electrons. The van der Waals surface area contributed by atoms with Crippen LogP contribution in [0, 0.1) is 5.92 Å². The van der Waals surface area contributed by atoms with Crippen LogP contribution < -0.4 is 0 Å². The van der Waals surface area contributed by atoms with Crippen molar-refractivity contribution in [3.63, 3.8) is 0 Å². The molecule has 1 aliphatic rings. The Labute approximate surface area is 147 Å². The van der Waals surface area contributed by atoms with E-state index in [1.54, 1.807) is 18.0 Å². The van der Waals surface area contributed by atoms with Gasteiger partial charge in [-0.3, -0.25) is 4.79 Å². The monoisotopic (exact) mass is 341 g/mol. The second kappa shape index (κ2) is 7.51. The van der Waals surface area contributed by atoms with Gasteiger partial charge >= 0.3 is 5.97 Å². The predicted octanol–water partition coefficient (Wildman–Crippen LogP) is 2.04. The Morgan fingerprint density at radius 3 is 2.84 bits per heavy atom. The van der Waals surface area contributed by atoms with Gasteiger partial charge in [-0.25, -0.2) is 9.78 Å². The van der Waals surface area contributed by atoms with Crippen molar-refractivity contribution in [1.82, 2.24) is 14.5 Å². The molecule has 0 N–H and O–H groups in total. The summed E-state index contributed by atoms with van der Waals surface area (Å²) in [5, 5.41) is 0. The highest BCUT2D eigenvalue weighted by Gasteiger charge is 2.34. The summed E-state index contributed by atoms with van der Waals surface area (Å²) in [4.78, 5) is 31.2. The van der Waals surface area contributed by atoms with E-state index in [9.17, 15) is 9.59 Å². The molecule has 0 bridgehead atoms. The molecule has 6 nitrogen and oxygen atoms in total. The Morgan fingerprint density at radius 2 is 2.12 bits per heavy atom. The molecule has 2 atom stereocenters. The Balaban J connectivity index is 1.80. The Bertz CT molecular complexity index is 741. The molecule has 0 aliphatic carbocycles. The summed E-state index contributed by atoms with van der Waals surface area (Å²) in [6, 6.07) is 9.08. The van der Waals surface area contributed by atoms with Crippen LogP contribution in [0.2, 0.25) is 0 Å². The zero-order valence-electron chi connectivity index (χ0n) is 14.6. The number of ether oxygens (including phenoxy) is 1. The lowest BCUT2D eigenvalue weighted by atomic mass is 9.95. The molecular formula is C19H23N3O3. The number of hydrogen-bond acceptors (Lipinski definition) is 4. The first-order valence-corrected chi connectivity index (χ1v) is 8.52. The van der Waals surface area contributed by atoms with Crippen LogP contribution in [0.1, 0.15) is 24.7 Å². The van der Waals surface area contributed by atoms with Crippen molar-refractivity contribution >= 4 is 11.9 Å². The van der Waals surface area contributed by atoms with E-state index in [2.05, 4.69) is 9.55 Å². The molecule has 0 saturated heterocycles. The van der Waals surface area contributed by atoms with Gasteiger partial charge in [0.05, 0.1) is 7.11 Å². The van der Waals surface area contributed by atoms with Crippen LogP contribution in [-0.2, 0) is 33.8 Å². The second-order valence-electron chi connectivity index (χ2n) is 6.38. The average molecular weight is 341 g/mol. The molecule has 2 aromatic rings. The number of nitrogens with zero attached hydrogens (tertiary/aromatic N) is 3. The Hall–Kier alpha value is -2.63. The van der Waals surface area contributed by atoms with E-state index in [1.807, 2.05) is 36.5 Å². The largest absolute Gasteiger partial charge is 0.467 e. The number of imidazole rings is 1. The maximum absolute atomic E-state index is 13.2. The normalized spacial score (nSPS) is 17.4. The van der Waals surface area contributed by atoms with Gasteiger partial charge in [-0.1, -0.05) is 30.3 Å². The molecule has 3 rings (SSSR count). The molecule has 2 heterocycles. The van der Waals surface area contributed by atoms with E-state index >= 15 is 0 Å². The lowest BCUT2D eigenvalue weighted by Crippen LogP contribution is -2.47. The van der Waals surface area contributed by atoms with Crippen molar-refractivity contribution in [3.8, 4) is 0 Å². The lowest BCUT2D eigenvalue weighted by Gasteiger charge is -2.32. The number of fused-ring (bicyclic) bond motifs is 1. The maximum Gasteiger partial charge on any atom is 0.328 e. The van der Waals surface area contributed by atoms with Gasteiger partial charge in [-0.05, 0) is 18.9 Å². The molecule has 25 heavy (non-hydrogen) atoms. The third-order valence-electron chi connectivity index (χ3n) is 4.79. The topological polar surface area (TPSA) is 64.4 Å². The van der Waals surface area contributed by atoms with E-state index in [-0.39, 0.29) is 11.8 Å². The van der Waals surface area contributed by atoms with Crippen molar-refractivity contribution in [2.24, 2.45) is 5.92 Å². The average Bonchev–Trinajstić information content (AvgIpc) is 3.13. The highest BCUT2D eigenvalue weighted by molar-refractivity contribution is 5.85. The smallest absolute Gasteiger partial charge is 0.328 e. The predicted molar refractivity (Wildman–Crippen MR) is 92.5 cm³/mol. The molecule has 0 saturated carbocycles. The zero-order valence-corrected chi connectivity index (χ0v) is 14.6. The first-order chi connectivity index (χ1) is 12.1. The Morgan fingerprint density at radius 1 is 1.36 bits per heavy atom. The lowest BCUT2D eigenvalue weighted by molar-refractivity contribution is -0.154. The molecule has 1 aliphatic heterocycles. The maximum atomic E-state index is 13.2. The summed E-state index contributed by atoms with van der Waals surface area (Å²) in [6.45, 7) is 2.88. The van der Waals surface area contributed by atoms with Gasteiger partial charge in [-0.2, -0.15) is 0 Å². The van der Waals surface area contributed by atoms with Gasteiger partial charge in [0.15, 0.2) is 0 Å². The molecule has 0 radical (unpaired) electrons. The van der Waals surface area contributed by atoms with E-state index in [0.29, 0.717) is 13.0 Å². The fourth-order valence-electron chi connectivity index (χ4n) is 3.28. The fourth-order valence-corrected chi connectivity index (χ4v) is 3.28. The minimum absolute atomic E-state index is 0.0176. The van der Waals surface area contributed by atoms with Gasteiger partial charge in [-0.15, -0.1) is 0 Å². The van der Waals surface area contributed by atoms with Crippen molar-refractivity contribution in [1.29, 1.82) is 0 Å². The highest BCUT2D eigenvalue weighted by atomic mass is 16.5. The first-order valence-electron chi connectivity index (χ1n) is 8.52. The molecule has 1 aromatic heterocycles. The number of carbonyl (C=O) groups excluding carboxylic acids is 2. The number of aromatic nitrogens is 2. The molecule has 1 amide bonds. The standard InChI is InChI=1S/C19H23N3O3/c1-14(19(24)25-2)22(13-15-6-4-3-5-7-15)18(23)16-8-10-21-11-9-20-17(21)12-16/h3-7,9,11,14,16H,8,10,12-13H2,1-2H3/t14-,16-/m0/s1. The highest BCUT2D eigenvalue weighted by Crippen LogP contribution is 2.23. The van der Waals surface area contributed by atoms with Gasteiger partial charge in [0.25, 0.3) is 0 Å². The van der Waals surface area contributed by atoms with E-state index in [1.165, 1.54) is 7.11 Å². The van der Waals surface area contributed by atoms with Crippen LogP contribution in [0.15, 0.2) is 42.7 Å². The summed E-state index contributed by atoms with van der Waals surface area (Å²) < 4.78 is 6.94. The van der Waals surface area contributed by atoms with Crippen LogP contribution in [0.4, 0.5) is 0 Å². The van der Waals surface area contributed by atoms with E-state index < -0.39 is 12.0 Å². The summed E-state index contributed by atoms with van der Waals surface area (Å²) in [6.07, 6.45) is 5.06. The number of carbonyl (C=O) groups is 2. The third kappa shape index (κ3) is 3.73. The van der Waals surface area contributed by atoms with E-state index in [0.717, 1.165) is 24.4 Å². The third-order valence-corrected chi connectivity index (χ3v) is 4.79. The van der Waals surface area contributed by atoms with Crippen LogP contribution in [0.25, 0.3) is 0 Å². The van der Waals surface area contributed by atoms with Crippen molar-refractivity contribution < 1.29 is 14.3 Å². The molecule has 1 aromatic carbocycles. The number of methoxy groups -OCH3 is 1. The number of hydrogen-bond donors (Lipinski definition) is 0. The minimum Gasteiger partial charge on any atom is -0.467 e. The molecule has 0 fully saturated rings. The first kappa shape index (κ1) is 17.2. The van der Waals surface area contributed by atoms with Gasteiger partial charge < -0.3 is 14.2 Å². The summed E-state index contributed by atoms with van der Waals surface area (Å²) >= 11 is 0. The van der Waals surface area contributed by atoms with Crippen molar-refractivity contribution in [2.45, 2.75) is 38.9 Å². The fraction of sp³-hybridized carbons (Fsp3) is 0.421. The zero-order chi connectivity index (χ0) is 17.8. The summed E-state index contributed by atoms with van der Waals surface area (Å²) in [5.41, 5.74) is 0.990. The van der Waals surface area contributed by atoms with Gasteiger partial charge in [0.1, 0.15) is 11.9 Å². The minimum atomic E-state index is -0.626. The second-order valence-corrected chi connectivity index (χ2v) is 6.38. The molecule has 0 unspecified atom stereocenters. The quantitative estimate of drug-likeness (QED) is 0.781. The van der Waals surface area contributed by atoms with Crippen molar-refractivity contribution in [2.75, 3.05) is 7.11 Å². The molecule has 6 heteroatoms. The van der Waals surface area contributed by atoms with Crippen molar-refractivity contribution in [3.05, 3.63) is 54.1 Å². The van der Waals surface area contributed by atoms with Crippen LogP contribution >= 0.6 is 0 Å². The van der Waals surface area contributed by atoms with E-state index in [4.69, 9.17) is 4.74 Å². The molecular weight excluding hydrogens is 318 g/mol. The Kier molecular flexibility index (Phi) is 5.16. The SMILES string of the molecule is COC(=O)[C@H](C)N(Cc1ccccc1)C(=O)[C@H]1CCn2ccnc2C1. The van der Waals surface area contributed by atoms with Crippen LogP contribution in [0.3, 0.4) is 0 Å². The van der Waals surface area contributed by atoms with Crippen LogP contribution in [0.5, 0.6) is 0 Å². The van der Waals surface area contributed by atoms with Gasteiger partial charge in [0, 0.05) is 37.8 Å². The number of aryl methyl sites for hydroxylation is 1. The van der Waals surface area contributed by atoms with Gasteiger partial charge in [0.2, 0.25) is 5.91 Å².